The molecule has 0 aromatic heterocycles. The second kappa shape index (κ2) is 14.4. The Bertz CT molecular complexity index is 1440. The Morgan fingerprint density at radius 1 is 0.833 bits per heavy atom. The molecule has 3 N–H and O–H groups in total. The van der Waals surface area contributed by atoms with Crippen molar-refractivity contribution < 1.29 is 38.5 Å². The zero-order chi connectivity index (χ0) is 29.9. The van der Waals surface area contributed by atoms with Crippen LogP contribution >= 0.6 is 0 Å². The Kier molecular flexibility index (Phi) is 10.2. The van der Waals surface area contributed by atoms with E-state index in [9.17, 15) is 19.2 Å². The summed E-state index contributed by atoms with van der Waals surface area (Å²) >= 11 is 0. The van der Waals surface area contributed by atoms with Gasteiger partial charge in [0, 0.05) is 24.4 Å². The number of allylic oxidation sites excluding steroid dienone is 1. The minimum atomic E-state index is -0.879. The van der Waals surface area contributed by atoms with Crippen molar-refractivity contribution in [3.05, 3.63) is 132 Å². The van der Waals surface area contributed by atoms with Crippen molar-refractivity contribution in [1.82, 2.24) is 4.90 Å². The first-order valence-corrected chi connectivity index (χ1v) is 13.2. The van der Waals surface area contributed by atoms with Gasteiger partial charge in [-0.1, -0.05) is 60.7 Å². The van der Waals surface area contributed by atoms with Crippen LogP contribution in [0.4, 0.5) is 0 Å². The number of benzene rings is 3. The van der Waals surface area contributed by atoms with Gasteiger partial charge < -0.3 is 30.0 Å². The van der Waals surface area contributed by atoms with Crippen LogP contribution < -0.4 is 5.73 Å². The molecular formula is C32H30N2O8. The SMILES string of the molecule is NC(=O)C1=CN([C@@H]2O[C@H](COC(=O)c3ccccc3)CC2OC(=O)c2ccccc2)C=CC1.O=C(O)c1ccccc1. The first-order chi connectivity index (χ1) is 20.3. The van der Waals surface area contributed by atoms with Crippen LogP contribution in [0.3, 0.4) is 0 Å². The van der Waals surface area contributed by atoms with E-state index in [2.05, 4.69) is 0 Å². The fraction of sp³-hybridized carbons (Fsp3) is 0.188. The molecule has 1 fully saturated rings. The minimum absolute atomic E-state index is 0.00639. The molecule has 1 amide bonds. The third-order valence-electron chi connectivity index (χ3n) is 6.37. The molecule has 1 unspecified atom stereocenters. The molecule has 42 heavy (non-hydrogen) atoms. The van der Waals surface area contributed by atoms with E-state index in [4.69, 9.17) is 25.1 Å². The molecule has 0 saturated carbocycles. The van der Waals surface area contributed by atoms with E-state index in [0.29, 0.717) is 35.1 Å². The average molecular weight is 571 g/mol. The van der Waals surface area contributed by atoms with Crippen molar-refractivity contribution in [3.8, 4) is 0 Å². The number of carboxylic acids is 1. The lowest BCUT2D eigenvalue weighted by atomic mass is 10.1. The van der Waals surface area contributed by atoms with E-state index < -0.39 is 42.3 Å². The topological polar surface area (TPSA) is 145 Å². The van der Waals surface area contributed by atoms with Crippen molar-refractivity contribution >= 4 is 23.8 Å². The zero-order valence-electron chi connectivity index (χ0n) is 22.6. The molecule has 1 saturated heterocycles. The average Bonchev–Trinajstić information content (AvgIpc) is 3.44. The maximum Gasteiger partial charge on any atom is 0.338 e. The van der Waals surface area contributed by atoms with Gasteiger partial charge in [-0.15, -0.1) is 0 Å². The highest BCUT2D eigenvalue weighted by atomic mass is 16.6. The van der Waals surface area contributed by atoms with E-state index in [0.717, 1.165) is 0 Å². The lowest BCUT2D eigenvalue weighted by Gasteiger charge is -2.30. The first kappa shape index (κ1) is 29.8. The van der Waals surface area contributed by atoms with Gasteiger partial charge in [0.15, 0.2) is 6.23 Å². The summed E-state index contributed by atoms with van der Waals surface area (Å²) in [4.78, 5) is 48.5. The Morgan fingerprint density at radius 3 is 1.90 bits per heavy atom. The van der Waals surface area contributed by atoms with Crippen molar-refractivity contribution in [2.45, 2.75) is 31.3 Å². The van der Waals surface area contributed by atoms with Crippen molar-refractivity contribution in [1.29, 1.82) is 0 Å². The van der Waals surface area contributed by atoms with Gasteiger partial charge in [0.2, 0.25) is 5.91 Å². The van der Waals surface area contributed by atoms with Crippen molar-refractivity contribution in [2.24, 2.45) is 5.73 Å². The highest BCUT2D eigenvalue weighted by Gasteiger charge is 2.41. The Labute approximate surface area is 242 Å². The fourth-order valence-corrected chi connectivity index (χ4v) is 4.28. The number of esters is 2. The molecule has 3 atom stereocenters. The molecule has 10 nitrogen and oxygen atoms in total. The normalized spacial score (nSPS) is 19.1. The summed E-state index contributed by atoms with van der Waals surface area (Å²) in [5.74, 6) is -2.37. The largest absolute Gasteiger partial charge is 0.478 e. The summed E-state index contributed by atoms with van der Waals surface area (Å²) in [6.07, 6.45) is 3.98. The number of hydrogen-bond donors (Lipinski definition) is 2. The maximum absolute atomic E-state index is 12.7. The van der Waals surface area contributed by atoms with Crippen LogP contribution in [0.1, 0.15) is 43.9 Å². The van der Waals surface area contributed by atoms with Gasteiger partial charge in [-0.05, 0) is 42.8 Å². The number of rotatable bonds is 8. The van der Waals surface area contributed by atoms with Crippen LogP contribution in [0.15, 0.2) is 115 Å². The number of nitrogens with zero attached hydrogens (tertiary/aromatic N) is 1. The quantitative estimate of drug-likeness (QED) is 0.381. The molecule has 2 heterocycles. The van der Waals surface area contributed by atoms with Gasteiger partial charge >= 0.3 is 17.9 Å². The number of aromatic carboxylic acids is 1. The first-order valence-electron chi connectivity index (χ1n) is 13.2. The Balaban J connectivity index is 0.000000385. The van der Waals surface area contributed by atoms with Crippen LogP contribution in [0.25, 0.3) is 0 Å². The monoisotopic (exact) mass is 570 g/mol. The number of carbonyl (C=O) groups is 4. The summed E-state index contributed by atoms with van der Waals surface area (Å²) in [7, 11) is 0. The molecule has 3 aromatic carbocycles. The highest BCUT2D eigenvalue weighted by Crippen LogP contribution is 2.30. The molecule has 3 aromatic rings. The summed E-state index contributed by atoms with van der Waals surface area (Å²) in [6.45, 7) is -0.00639. The van der Waals surface area contributed by atoms with Gasteiger partial charge in [-0.25, -0.2) is 14.4 Å². The molecule has 10 heteroatoms. The molecule has 0 bridgehead atoms. The maximum atomic E-state index is 12.7. The van der Waals surface area contributed by atoms with Gasteiger partial charge in [0.25, 0.3) is 0 Å². The van der Waals surface area contributed by atoms with Crippen LogP contribution in [-0.4, -0.2) is 58.9 Å². The number of carboxylic acid groups (broad SMARTS) is 1. The van der Waals surface area contributed by atoms with Crippen molar-refractivity contribution in [2.75, 3.05) is 6.61 Å². The molecule has 5 rings (SSSR count). The molecule has 2 aliphatic rings. The summed E-state index contributed by atoms with van der Waals surface area (Å²) in [5.41, 5.74) is 7.02. The number of primary amides is 1. The highest BCUT2D eigenvalue weighted by molar-refractivity contribution is 5.92. The number of ether oxygens (including phenoxy) is 3. The Morgan fingerprint density at radius 2 is 1.38 bits per heavy atom. The Hall–Kier alpha value is -5.22. The van der Waals surface area contributed by atoms with Gasteiger partial charge in [-0.2, -0.15) is 0 Å². The lowest BCUT2D eigenvalue weighted by Crippen LogP contribution is -2.39. The standard InChI is InChI=1S/C25H24N2O6.C7H6O2/c26-22(28)19-12-7-13-27(15-19)23-21(33-25(30)18-10-5-2-6-11-18)14-20(32-23)16-31-24(29)17-8-3-1-4-9-17;8-7(9)6-4-2-1-3-5-6/h1-11,13,15,20-21,23H,12,14,16H2,(H2,26,28);1-5H,(H,8,9)/t20-,21?,23+;/m0./s1. The predicted octanol–water partition coefficient (Wildman–Crippen LogP) is 4.16. The van der Waals surface area contributed by atoms with E-state index in [1.54, 1.807) is 102 Å². The van der Waals surface area contributed by atoms with E-state index >= 15 is 0 Å². The third-order valence-corrected chi connectivity index (χ3v) is 6.37. The third kappa shape index (κ3) is 8.15. The summed E-state index contributed by atoms with van der Waals surface area (Å²) in [6, 6.07) is 25.6. The number of hydrogen-bond acceptors (Lipinski definition) is 8. The van der Waals surface area contributed by atoms with Crippen LogP contribution in [0, 0.1) is 0 Å². The van der Waals surface area contributed by atoms with Crippen LogP contribution in [-0.2, 0) is 19.0 Å². The summed E-state index contributed by atoms with van der Waals surface area (Å²) < 4.78 is 17.3. The smallest absolute Gasteiger partial charge is 0.338 e. The lowest BCUT2D eigenvalue weighted by molar-refractivity contribution is -0.115. The molecule has 0 radical (unpaired) electrons. The minimum Gasteiger partial charge on any atom is -0.478 e. The van der Waals surface area contributed by atoms with E-state index in [-0.39, 0.29) is 6.61 Å². The van der Waals surface area contributed by atoms with Crippen LogP contribution in [0.2, 0.25) is 0 Å². The summed E-state index contributed by atoms with van der Waals surface area (Å²) in [5, 5.41) is 8.38. The number of amides is 1. The number of nitrogens with two attached hydrogens (primary N) is 1. The van der Waals surface area contributed by atoms with Crippen molar-refractivity contribution in [3.63, 3.8) is 0 Å². The molecular weight excluding hydrogens is 540 g/mol. The molecule has 216 valence electrons. The zero-order valence-corrected chi connectivity index (χ0v) is 22.6. The van der Waals surface area contributed by atoms with Gasteiger partial charge in [0.1, 0.15) is 12.7 Å². The second-order valence-corrected chi connectivity index (χ2v) is 9.38. The molecule has 0 aliphatic carbocycles. The predicted molar refractivity (Wildman–Crippen MR) is 152 cm³/mol. The second-order valence-electron chi connectivity index (χ2n) is 9.38. The van der Waals surface area contributed by atoms with E-state index in [1.165, 1.54) is 0 Å². The van der Waals surface area contributed by atoms with E-state index in [1.807, 2.05) is 12.1 Å². The molecule has 2 aliphatic heterocycles. The fourth-order valence-electron chi connectivity index (χ4n) is 4.28. The van der Waals surface area contributed by atoms with Crippen LogP contribution in [0.5, 0.6) is 0 Å². The molecule has 0 spiro atoms. The number of carbonyl (C=O) groups excluding carboxylic acids is 3. The van der Waals surface area contributed by atoms with Gasteiger partial charge in [-0.3, -0.25) is 4.79 Å². The van der Waals surface area contributed by atoms with Gasteiger partial charge in [0.05, 0.1) is 22.8 Å².